The summed E-state index contributed by atoms with van der Waals surface area (Å²) in [5.74, 6) is -0.132. The van der Waals surface area contributed by atoms with Crippen molar-refractivity contribution >= 4 is 50.7 Å². The van der Waals surface area contributed by atoms with Crippen molar-refractivity contribution in [2.24, 2.45) is 0 Å². The Morgan fingerprint density at radius 1 is 0.769 bits per heavy atom. The molecule has 0 spiro atoms. The van der Waals surface area contributed by atoms with E-state index in [1.807, 2.05) is 44.2 Å². The molecule has 0 unspecified atom stereocenters. The van der Waals surface area contributed by atoms with Crippen LogP contribution in [0.5, 0.6) is 23.0 Å². The molecule has 11 nitrogen and oxygen atoms in total. The topological polar surface area (TPSA) is 124 Å². The van der Waals surface area contributed by atoms with Gasteiger partial charge in [0.1, 0.15) is 24.1 Å². The van der Waals surface area contributed by atoms with Crippen LogP contribution in [0.3, 0.4) is 0 Å². The minimum absolute atomic E-state index is 0.0307. The lowest BCUT2D eigenvalue weighted by atomic mass is 10.0. The molecule has 0 aliphatic carbocycles. The lowest BCUT2D eigenvalue weighted by Gasteiger charge is -2.34. The molecule has 2 amide bonds. The van der Waals surface area contributed by atoms with Gasteiger partial charge in [0.05, 0.1) is 49.1 Å². The number of carbonyl (C=O) groups excluding carboxylic acids is 2. The number of hydrogen-bond acceptors (Lipinski definition) is 8. The molecule has 2 atom stereocenters. The summed E-state index contributed by atoms with van der Waals surface area (Å²) in [6, 6.07) is 21.7. The van der Waals surface area contributed by atoms with Gasteiger partial charge in [0.15, 0.2) is 11.5 Å². The number of hydrogen-bond donors (Lipinski definition) is 1. The fraction of sp³-hybridized carbons (Fsp3) is 0.316. The van der Waals surface area contributed by atoms with E-state index in [0.29, 0.717) is 28.5 Å². The van der Waals surface area contributed by atoms with E-state index < -0.39 is 34.4 Å². The smallest absolute Gasteiger partial charge is 0.265 e. The normalized spacial score (nSPS) is 12.3. The largest absolute Gasteiger partial charge is 0.497 e. The maximum Gasteiger partial charge on any atom is 0.265 e. The van der Waals surface area contributed by atoms with E-state index in [4.69, 9.17) is 42.1 Å². The minimum atomic E-state index is -4.54. The van der Waals surface area contributed by atoms with Crippen molar-refractivity contribution in [1.82, 2.24) is 10.2 Å². The summed E-state index contributed by atoms with van der Waals surface area (Å²) < 4.78 is 52.1. The number of amides is 2. The maximum atomic E-state index is 14.9. The zero-order valence-electron chi connectivity index (χ0n) is 29.9. The molecule has 14 heteroatoms. The monoisotopic (exact) mass is 771 g/mol. The number of methoxy groups -OCH3 is 4. The zero-order valence-corrected chi connectivity index (χ0v) is 32.2. The van der Waals surface area contributed by atoms with Gasteiger partial charge in [-0.3, -0.25) is 13.9 Å². The Bertz CT molecular complexity index is 1960. The first-order chi connectivity index (χ1) is 24.9. The molecule has 0 aliphatic heterocycles. The summed E-state index contributed by atoms with van der Waals surface area (Å²) in [4.78, 5) is 30.2. The SMILES string of the molecule is CC[C@H](C)NC(=O)[C@H](Cc1ccccc1)N(Cc1ccc(Cl)c(Cl)c1)C(=O)CN(c1cc(OC)ccc1OC)S(=O)(=O)c1ccc(OC)c(OC)c1. The molecule has 4 rings (SSSR count). The second-order valence-corrected chi connectivity index (χ2v) is 14.5. The van der Waals surface area contributed by atoms with Crippen LogP contribution in [0.4, 0.5) is 5.69 Å². The van der Waals surface area contributed by atoms with Gasteiger partial charge in [-0.2, -0.15) is 0 Å². The molecule has 0 aliphatic rings. The van der Waals surface area contributed by atoms with Gasteiger partial charge in [-0.05, 0) is 60.9 Å². The third kappa shape index (κ3) is 9.61. The summed E-state index contributed by atoms with van der Waals surface area (Å²) in [5, 5.41) is 3.59. The Morgan fingerprint density at radius 3 is 2.06 bits per heavy atom. The number of ether oxygens (including phenoxy) is 4. The maximum absolute atomic E-state index is 14.9. The highest BCUT2D eigenvalue weighted by atomic mass is 35.5. The fourth-order valence-corrected chi connectivity index (χ4v) is 7.19. The first kappa shape index (κ1) is 40.1. The van der Waals surface area contributed by atoms with E-state index in [-0.39, 0.29) is 46.1 Å². The molecule has 0 bridgehead atoms. The first-order valence-corrected chi connectivity index (χ1v) is 18.6. The molecule has 4 aromatic carbocycles. The van der Waals surface area contributed by atoms with Crippen molar-refractivity contribution in [3.05, 3.63) is 106 Å². The van der Waals surface area contributed by atoms with Gasteiger partial charge in [-0.15, -0.1) is 0 Å². The standard InChI is InChI=1S/C38H43Cl2N3O8S/c1-7-25(2)41-38(45)33(20-26-11-9-8-10-12-26)42(23-27-13-16-30(39)31(40)19-27)37(44)24-43(32-21-28(48-3)14-17-34(32)49-4)52(46,47)29-15-18-35(50-5)36(22-29)51-6/h8-19,21-22,25,33H,7,20,23-24H2,1-6H3,(H,41,45)/t25-,33-/m0/s1. The number of carbonyl (C=O) groups is 2. The van der Waals surface area contributed by atoms with Gasteiger partial charge < -0.3 is 29.2 Å². The molecular formula is C38H43Cl2N3O8S. The molecule has 52 heavy (non-hydrogen) atoms. The molecule has 0 saturated carbocycles. The highest BCUT2D eigenvalue weighted by molar-refractivity contribution is 7.92. The number of nitrogens with one attached hydrogen (secondary N) is 1. The summed E-state index contributed by atoms with van der Waals surface area (Å²) in [6.07, 6.45) is 0.790. The third-order valence-electron chi connectivity index (χ3n) is 8.49. The lowest BCUT2D eigenvalue weighted by Crippen LogP contribution is -2.54. The van der Waals surface area contributed by atoms with Crippen LogP contribution >= 0.6 is 23.2 Å². The molecule has 0 fully saturated rings. The molecule has 278 valence electrons. The lowest BCUT2D eigenvalue weighted by molar-refractivity contribution is -0.140. The Labute approximate surface area is 315 Å². The van der Waals surface area contributed by atoms with Crippen molar-refractivity contribution in [2.45, 2.75) is 50.2 Å². The van der Waals surface area contributed by atoms with Crippen molar-refractivity contribution in [1.29, 1.82) is 0 Å². The molecule has 0 radical (unpaired) electrons. The molecule has 0 aromatic heterocycles. The van der Waals surface area contributed by atoms with E-state index in [1.54, 1.807) is 30.3 Å². The number of halogens is 2. The van der Waals surface area contributed by atoms with Crippen LogP contribution in [0, 0.1) is 0 Å². The van der Waals surface area contributed by atoms with Crippen LogP contribution < -0.4 is 28.6 Å². The zero-order chi connectivity index (χ0) is 38.0. The Kier molecular flexibility index (Phi) is 14.1. The predicted molar refractivity (Wildman–Crippen MR) is 202 cm³/mol. The van der Waals surface area contributed by atoms with Crippen LogP contribution in [0.15, 0.2) is 89.8 Å². The predicted octanol–water partition coefficient (Wildman–Crippen LogP) is 6.78. The molecule has 4 aromatic rings. The quantitative estimate of drug-likeness (QED) is 0.125. The van der Waals surface area contributed by atoms with E-state index in [2.05, 4.69) is 5.32 Å². The Balaban J connectivity index is 1.92. The van der Waals surface area contributed by atoms with Crippen molar-refractivity contribution in [2.75, 3.05) is 39.3 Å². The summed E-state index contributed by atoms with van der Waals surface area (Å²) in [7, 11) is 1.11. The van der Waals surface area contributed by atoms with Gasteiger partial charge in [0, 0.05) is 31.1 Å². The highest BCUT2D eigenvalue weighted by Gasteiger charge is 2.36. The average Bonchev–Trinajstić information content (AvgIpc) is 3.15. The fourth-order valence-electron chi connectivity index (χ4n) is 5.44. The second-order valence-electron chi connectivity index (χ2n) is 11.9. The molecular weight excluding hydrogens is 729 g/mol. The number of sulfonamides is 1. The van der Waals surface area contributed by atoms with Crippen LogP contribution in [-0.2, 0) is 32.6 Å². The van der Waals surface area contributed by atoms with Gasteiger partial charge in [-0.25, -0.2) is 8.42 Å². The van der Waals surface area contributed by atoms with E-state index in [9.17, 15) is 18.0 Å². The van der Waals surface area contributed by atoms with Crippen LogP contribution in [0.1, 0.15) is 31.4 Å². The van der Waals surface area contributed by atoms with Gasteiger partial charge in [0.2, 0.25) is 11.8 Å². The average molecular weight is 773 g/mol. The van der Waals surface area contributed by atoms with Crippen molar-refractivity contribution in [3.8, 4) is 23.0 Å². The van der Waals surface area contributed by atoms with Crippen LogP contribution in [0.25, 0.3) is 0 Å². The number of nitrogens with zero attached hydrogens (tertiary/aromatic N) is 2. The van der Waals surface area contributed by atoms with Gasteiger partial charge in [0.25, 0.3) is 10.0 Å². The number of benzene rings is 4. The Morgan fingerprint density at radius 2 is 1.44 bits per heavy atom. The Hall–Kier alpha value is -4.65. The van der Waals surface area contributed by atoms with Crippen LogP contribution in [0.2, 0.25) is 10.0 Å². The van der Waals surface area contributed by atoms with E-state index in [0.717, 1.165) is 9.87 Å². The van der Waals surface area contributed by atoms with E-state index in [1.165, 1.54) is 57.6 Å². The van der Waals surface area contributed by atoms with Gasteiger partial charge >= 0.3 is 0 Å². The number of anilines is 1. The van der Waals surface area contributed by atoms with E-state index >= 15 is 0 Å². The molecule has 0 saturated heterocycles. The van der Waals surface area contributed by atoms with Crippen LogP contribution in [-0.4, -0.2) is 72.2 Å². The van der Waals surface area contributed by atoms with Crippen molar-refractivity contribution in [3.63, 3.8) is 0 Å². The molecule has 0 heterocycles. The third-order valence-corrected chi connectivity index (χ3v) is 11.0. The number of rotatable bonds is 17. The minimum Gasteiger partial charge on any atom is -0.497 e. The van der Waals surface area contributed by atoms with Gasteiger partial charge in [-0.1, -0.05) is 66.5 Å². The summed E-state index contributed by atoms with van der Waals surface area (Å²) in [6.45, 7) is 2.98. The summed E-state index contributed by atoms with van der Waals surface area (Å²) >= 11 is 12.6. The molecule has 1 N–H and O–H groups in total. The first-order valence-electron chi connectivity index (χ1n) is 16.4. The highest BCUT2D eigenvalue weighted by Crippen LogP contribution is 2.38. The second kappa shape index (κ2) is 18.2. The summed E-state index contributed by atoms with van der Waals surface area (Å²) in [5.41, 5.74) is 1.40. The van der Waals surface area contributed by atoms with Crippen molar-refractivity contribution < 1.29 is 37.0 Å².